The first-order valence-electron chi connectivity index (χ1n) is 8.28. The number of carbonyl (C=O) groups is 1. The average molecular weight is 363 g/mol. The normalized spacial score (nSPS) is 11.6. The minimum atomic E-state index is -0.845. The van der Waals surface area contributed by atoms with E-state index in [0.29, 0.717) is 22.7 Å². The Morgan fingerprint density at radius 2 is 2.00 bits per heavy atom. The van der Waals surface area contributed by atoms with Gasteiger partial charge in [0.1, 0.15) is 18.0 Å². The molecule has 0 amide bonds. The molecule has 0 aliphatic heterocycles. The molecule has 3 rings (SSSR count). The predicted octanol–water partition coefficient (Wildman–Crippen LogP) is 2.39. The molecular formula is C20H17N3O4. The molecule has 0 spiro atoms. The third-order valence-electron chi connectivity index (χ3n) is 3.85. The lowest BCUT2D eigenvalue weighted by Crippen LogP contribution is -2.26. The second kappa shape index (κ2) is 7.70. The van der Waals surface area contributed by atoms with Gasteiger partial charge in [-0.1, -0.05) is 6.07 Å². The summed E-state index contributed by atoms with van der Waals surface area (Å²) in [7, 11) is 0. The Hall–Kier alpha value is -3.66. The van der Waals surface area contributed by atoms with E-state index in [9.17, 15) is 9.59 Å². The van der Waals surface area contributed by atoms with Gasteiger partial charge in [-0.15, -0.1) is 0 Å². The summed E-state index contributed by atoms with van der Waals surface area (Å²) >= 11 is 0. The zero-order chi connectivity index (χ0) is 19.4. The van der Waals surface area contributed by atoms with Gasteiger partial charge in [-0.2, -0.15) is 5.26 Å². The monoisotopic (exact) mass is 363 g/mol. The highest BCUT2D eigenvalue weighted by atomic mass is 16.6. The Balaban J connectivity index is 1.64. The highest BCUT2D eigenvalue weighted by Crippen LogP contribution is 2.14. The molecule has 2 heterocycles. The Bertz CT molecular complexity index is 1080. The summed E-state index contributed by atoms with van der Waals surface area (Å²) in [5.41, 5.74) is 2.06. The van der Waals surface area contributed by atoms with Crippen molar-refractivity contribution >= 4 is 11.6 Å². The SMILES string of the molecule is Cc1ccc2nc(COC(=O)[C@H](C)Oc3ccc(C#N)cc3)cc(=O)n2c1. The molecule has 0 saturated heterocycles. The fourth-order valence-corrected chi connectivity index (χ4v) is 2.45. The molecule has 0 aliphatic carbocycles. The molecule has 0 aliphatic rings. The predicted molar refractivity (Wildman–Crippen MR) is 97.2 cm³/mol. The number of hydrogen-bond acceptors (Lipinski definition) is 6. The first kappa shape index (κ1) is 18.1. The van der Waals surface area contributed by atoms with E-state index in [1.54, 1.807) is 43.5 Å². The van der Waals surface area contributed by atoms with Crippen LogP contribution in [0.25, 0.3) is 5.65 Å². The second-order valence-electron chi connectivity index (χ2n) is 6.02. The van der Waals surface area contributed by atoms with E-state index in [4.69, 9.17) is 14.7 Å². The number of carbonyl (C=O) groups excluding carboxylic acids is 1. The van der Waals surface area contributed by atoms with Crippen molar-refractivity contribution in [1.29, 1.82) is 5.26 Å². The minimum absolute atomic E-state index is 0.125. The molecule has 1 aromatic carbocycles. The van der Waals surface area contributed by atoms with E-state index < -0.39 is 12.1 Å². The number of esters is 1. The van der Waals surface area contributed by atoms with E-state index in [0.717, 1.165) is 5.56 Å². The van der Waals surface area contributed by atoms with Crippen molar-refractivity contribution in [2.75, 3.05) is 0 Å². The zero-order valence-corrected chi connectivity index (χ0v) is 14.9. The minimum Gasteiger partial charge on any atom is -0.479 e. The molecular weight excluding hydrogens is 346 g/mol. The molecule has 0 unspecified atom stereocenters. The number of aromatic nitrogens is 2. The van der Waals surface area contributed by atoms with Gasteiger partial charge in [0.2, 0.25) is 0 Å². The van der Waals surface area contributed by atoms with Crippen molar-refractivity contribution in [3.8, 4) is 11.8 Å². The molecule has 0 bridgehead atoms. The summed E-state index contributed by atoms with van der Waals surface area (Å²) < 4.78 is 12.2. The van der Waals surface area contributed by atoms with Crippen LogP contribution in [0.1, 0.15) is 23.7 Å². The maximum Gasteiger partial charge on any atom is 0.347 e. The molecule has 7 heteroatoms. The van der Waals surface area contributed by atoms with Crippen molar-refractivity contribution in [2.45, 2.75) is 26.6 Å². The summed E-state index contributed by atoms with van der Waals surface area (Å²) in [6.07, 6.45) is 0.857. The summed E-state index contributed by atoms with van der Waals surface area (Å²) in [5, 5.41) is 8.78. The van der Waals surface area contributed by atoms with Crippen molar-refractivity contribution in [3.05, 3.63) is 75.8 Å². The van der Waals surface area contributed by atoms with Crippen LogP contribution in [0.2, 0.25) is 0 Å². The quantitative estimate of drug-likeness (QED) is 0.646. The number of ether oxygens (including phenoxy) is 2. The van der Waals surface area contributed by atoms with Gasteiger partial charge < -0.3 is 9.47 Å². The van der Waals surface area contributed by atoms with Crippen LogP contribution in [0, 0.1) is 18.3 Å². The van der Waals surface area contributed by atoms with Crippen LogP contribution >= 0.6 is 0 Å². The number of nitriles is 1. The van der Waals surface area contributed by atoms with Gasteiger partial charge in [-0.3, -0.25) is 9.20 Å². The lowest BCUT2D eigenvalue weighted by atomic mass is 10.2. The lowest BCUT2D eigenvalue weighted by Gasteiger charge is -2.14. The molecule has 0 fully saturated rings. The fourth-order valence-electron chi connectivity index (χ4n) is 2.45. The van der Waals surface area contributed by atoms with E-state index >= 15 is 0 Å². The molecule has 2 aromatic heterocycles. The van der Waals surface area contributed by atoms with Crippen LogP contribution in [-0.2, 0) is 16.1 Å². The Morgan fingerprint density at radius 3 is 2.70 bits per heavy atom. The van der Waals surface area contributed by atoms with Crippen molar-refractivity contribution < 1.29 is 14.3 Å². The number of rotatable bonds is 5. The summed E-state index contributed by atoms with van der Waals surface area (Å²) in [6, 6.07) is 13.3. The Kier molecular flexibility index (Phi) is 5.18. The lowest BCUT2D eigenvalue weighted by molar-refractivity contribution is -0.152. The van der Waals surface area contributed by atoms with Gasteiger partial charge >= 0.3 is 5.97 Å². The molecule has 0 saturated carbocycles. The molecule has 1 atom stereocenters. The topological polar surface area (TPSA) is 93.7 Å². The molecule has 0 radical (unpaired) electrons. The van der Waals surface area contributed by atoms with Crippen LogP contribution in [0.5, 0.6) is 5.75 Å². The number of hydrogen-bond donors (Lipinski definition) is 0. The van der Waals surface area contributed by atoms with Crippen LogP contribution in [0.4, 0.5) is 0 Å². The highest BCUT2D eigenvalue weighted by Gasteiger charge is 2.17. The van der Waals surface area contributed by atoms with E-state index in [2.05, 4.69) is 4.98 Å². The summed E-state index contributed by atoms with van der Waals surface area (Å²) in [6.45, 7) is 3.32. The van der Waals surface area contributed by atoms with Crippen LogP contribution in [0.15, 0.2) is 53.5 Å². The number of fused-ring (bicyclic) bond motifs is 1. The van der Waals surface area contributed by atoms with E-state index in [-0.39, 0.29) is 12.2 Å². The van der Waals surface area contributed by atoms with E-state index in [1.165, 1.54) is 10.5 Å². The van der Waals surface area contributed by atoms with Crippen LogP contribution < -0.4 is 10.3 Å². The van der Waals surface area contributed by atoms with Gasteiger partial charge in [0.25, 0.3) is 5.56 Å². The second-order valence-corrected chi connectivity index (χ2v) is 6.02. The summed E-state index contributed by atoms with van der Waals surface area (Å²) in [5.74, 6) is -0.124. The number of nitrogens with zero attached hydrogens (tertiary/aromatic N) is 3. The number of aryl methyl sites for hydroxylation is 1. The van der Waals surface area contributed by atoms with Gasteiger partial charge in [0.05, 0.1) is 17.3 Å². The molecule has 136 valence electrons. The third-order valence-corrected chi connectivity index (χ3v) is 3.85. The van der Waals surface area contributed by atoms with Gasteiger partial charge in [-0.05, 0) is 49.7 Å². The molecule has 0 N–H and O–H groups in total. The van der Waals surface area contributed by atoms with Crippen molar-refractivity contribution in [2.24, 2.45) is 0 Å². The Labute approximate surface area is 155 Å². The van der Waals surface area contributed by atoms with E-state index in [1.807, 2.05) is 19.1 Å². The average Bonchev–Trinajstić information content (AvgIpc) is 2.67. The molecule has 7 nitrogen and oxygen atoms in total. The van der Waals surface area contributed by atoms with Gasteiger partial charge in [-0.25, -0.2) is 9.78 Å². The smallest absolute Gasteiger partial charge is 0.347 e. The number of benzene rings is 1. The molecule has 27 heavy (non-hydrogen) atoms. The van der Waals surface area contributed by atoms with Crippen LogP contribution in [-0.4, -0.2) is 21.5 Å². The third kappa shape index (κ3) is 4.30. The zero-order valence-electron chi connectivity index (χ0n) is 14.9. The maximum absolute atomic E-state index is 12.2. The largest absolute Gasteiger partial charge is 0.479 e. The van der Waals surface area contributed by atoms with Gasteiger partial charge in [0, 0.05) is 12.3 Å². The van der Waals surface area contributed by atoms with Crippen LogP contribution in [0.3, 0.4) is 0 Å². The van der Waals surface area contributed by atoms with Crippen molar-refractivity contribution in [1.82, 2.24) is 9.38 Å². The highest BCUT2D eigenvalue weighted by molar-refractivity contribution is 5.74. The Morgan fingerprint density at radius 1 is 1.26 bits per heavy atom. The first-order chi connectivity index (χ1) is 13.0. The standard InChI is InChI=1S/C20H17N3O4/c1-13-3-8-18-22-16(9-19(24)23(18)11-13)12-26-20(25)14(2)27-17-6-4-15(10-21)5-7-17/h3-9,11,14H,12H2,1-2H3/t14-/m0/s1. The first-order valence-corrected chi connectivity index (χ1v) is 8.28. The summed E-state index contributed by atoms with van der Waals surface area (Å²) in [4.78, 5) is 28.6. The van der Waals surface area contributed by atoms with Gasteiger partial charge in [0.15, 0.2) is 6.10 Å². The maximum atomic E-state index is 12.2. The fraction of sp³-hybridized carbons (Fsp3) is 0.200. The number of pyridine rings is 1. The van der Waals surface area contributed by atoms with Crippen molar-refractivity contribution in [3.63, 3.8) is 0 Å². The molecule has 3 aromatic rings.